The molecule has 0 aliphatic rings. The lowest BCUT2D eigenvalue weighted by atomic mass is 9.93. The normalized spacial score (nSPS) is 11.8. The molecule has 0 atom stereocenters. The molecule has 13 aromatic carbocycles. The van der Waals surface area contributed by atoms with Crippen molar-refractivity contribution in [1.29, 1.82) is 5.26 Å². The van der Waals surface area contributed by atoms with E-state index in [1.54, 1.807) is 0 Å². The van der Waals surface area contributed by atoms with Gasteiger partial charge in [0.05, 0.1) is 67.1 Å². The Labute approximate surface area is 516 Å². The van der Waals surface area contributed by atoms with Gasteiger partial charge in [0.1, 0.15) is 0 Å². The predicted octanol–water partition coefficient (Wildman–Crippen LogP) is 20.5. The van der Waals surface area contributed by atoms with E-state index in [-0.39, 0.29) is 0 Å². The second-order valence-corrected chi connectivity index (χ2v) is 23.0. The number of hydrogen-bond donors (Lipinski definition) is 0. The molecule has 90 heavy (non-hydrogen) atoms. The monoisotopic (exact) mass is 1150 g/mol. The molecule has 5 aromatic heterocycles. The molecule has 0 spiro atoms. The molecule has 0 aliphatic heterocycles. The lowest BCUT2D eigenvalue weighted by molar-refractivity contribution is 1.07. The molecule has 8 heteroatoms. The van der Waals surface area contributed by atoms with Crippen molar-refractivity contribution in [2.45, 2.75) is 0 Å². The summed E-state index contributed by atoms with van der Waals surface area (Å²) in [5, 5.41) is 19.7. The summed E-state index contributed by atoms with van der Waals surface area (Å²) in [5.41, 5.74) is 19.9. The Morgan fingerprint density at radius 1 is 0.256 bits per heavy atom. The van der Waals surface area contributed by atoms with Crippen LogP contribution in [0, 0.1) is 11.3 Å². The topological polar surface area (TPSA) is 82.2 Å². The largest absolute Gasteiger partial charge is 0.309 e. The average molecular weight is 1150 g/mol. The molecule has 0 saturated carbocycles. The molecule has 0 bridgehead atoms. The van der Waals surface area contributed by atoms with Crippen molar-refractivity contribution < 1.29 is 0 Å². The van der Waals surface area contributed by atoms with Crippen LogP contribution >= 0.6 is 0 Å². The van der Waals surface area contributed by atoms with Crippen molar-refractivity contribution in [3.8, 4) is 85.2 Å². The van der Waals surface area contributed by atoms with E-state index in [1.165, 1.54) is 21.5 Å². The van der Waals surface area contributed by atoms with Crippen LogP contribution < -0.4 is 0 Å². The maximum Gasteiger partial charge on any atom is 0.164 e. The fourth-order valence-electron chi connectivity index (χ4n) is 14.1. The van der Waals surface area contributed by atoms with E-state index in [9.17, 15) is 5.26 Å². The molecular weight excluding hydrogens is 1100 g/mol. The van der Waals surface area contributed by atoms with E-state index in [0.717, 1.165) is 127 Å². The van der Waals surface area contributed by atoms with E-state index >= 15 is 0 Å². The molecule has 0 fully saturated rings. The Morgan fingerprint density at radius 3 is 1.09 bits per heavy atom. The zero-order chi connectivity index (χ0) is 59.4. The van der Waals surface area contributed by atoms with Crippen molar-refractivity contribution in [2.75, 3.05) is 0 Å². The maximum atomic E-state index is 10.4. The van der Waals surface area contributed by atoms with Crippen molar-refractivity contribution in [3.63, 3.8) is 0 Å². The SMILES string of the molecule is N#Cc1cccc(-c2ccc(-n3c4ccccc4c4c3ccc3c5ccccc5n(-c5ccccc5)c34)c(-c3cc(-c4nc(-c5ccccc5)nc(-c5ccccc5)n4)ccc3-n3c4ccccc4c4c3ccc3c5ccccc5n(-c5ccccc5)c34)c2)c1. The minimum atomic E-state index is 0.541. The van der Waals surface area contributed by atoms with Gasteiger partial charge in [-0.3, -0.25) is 0 Å². The Hall–Kier alpha value is -12.4. The molecule has 0 aliphatic carbocycles. The summed E-state index contributed by atoms with van der Waals surface area (Å²) in [6.45, 7) is 0. The van der Waals surface area contributed by atoms with Crippen LogP contribution in [-0.2, 0) is 0 Å². The Balaban J connectivity index is 0.992. The highest BCUT2D eigenvalue weighted by Gasteiger charge is 2.27. The molecule has 0 N–H and O–H groups in total. The number of fused-ring (bicyclic) bond motifs is 14. The first kappa shape index (κ1) is 50.8. The van der Waals surface area contributed by atoms with E-state index in [4.69, 9.17) is 15.0 Å². The Morgan fingerprint density at radius 2 is 0.622 bits per heavy atom. The highest BCUT2D eigenvalue weighted by Crippen LogP contribution is 2.48. The second kappa shape index (κ2) is 20.3. The molecule has 418 valence electrons. The van der Waals surface area contributed by atoms with E-state index < -0.39 is 0 Å². The van der Waals surface area contributed by atoms with Crippen molar-refractivity contribution >= 4 is 87.2 Å². The van der Waals surface area contributed by atoms with Crippen molar-refractivity contribution in [1.82, 2.24) is 33.2 Å². The summed E-state index contributed by atoms with van der Waals surface area (Å²) >= 11 is 0. The summed E-state index contributed by atoms with van der Waals surface area (Å²) in [4.78, 5) is 15.9. The molecule has 5 heterocycles. The number of benzene rings is 13. The second-order valence-electron chi connectivity index (χ2n) is 23.0. The standard InChI is InChI=1S/C82H50N8/c83-51-52-22-21-27-55(48-52)56-40-44-72(89-70-38-19-15-34-64(70)76-74(89)46-42-62-60-32-13-17-36-68(60)87(78(62)76)58-28-9-3-10-29-58)66(49-56)67-50-57(82-85-80(53-23-5-1-6-24-53)84-81(86-82)54-25-7-2-8-26-54)41-45-73(67)90-71-39-20-16-35-65(71)77-75(90)47-43-63-61-33-14-18-37-69(61)88(79(63)77)59-30-11-4-12-31-59/h1-50H. The van der Waals surface area contributed by atoms with Crippen molar-refractivity contribution in [3.05, 3.63) is 309 Å². The van der Waals surface area contributed by atoms with Gasteiger partial charge in [-0.05, 0) is 114 Å². The molecule has 0 amide bonds. The molecule has 0 unspecified atom stereocenters. The van der Waals surface area contributed by atoms with E-state index in [2.05, 4.69) is 273 Å². The fourth-order valence-corrected chi connectivity index (χ4v) is 14.1. The van der Waals surface area contributed by atoms with Crippen LogP contribution in [0.4, 0.5) is 0 Å². The van der Waals surface area contributed by atoms with E-state index in [0.29, 0.717) is 23.0 Å². The summed E-state index contributed by atoms with van der Waals surface area (Å²) in [7, 11) is 0. The fraction of sp³-hybridized carbons (Fsp3) is 0. The number of aromatic nitrogens is 7. The van der Waals surface area contributed by atoms with Gasteiger partial charge in [-0.1, -0.05) is 200 Å². The quantitative estimate of drug-likeness (QED) is 0.144. The molecule has 8 nitrogen and oxygen atoms in total. The van der Waals surface area contributed by atoms with Gasteiger partial charge in [-0.2, -0.15) is 5.26 Å². The van der Waals surface area contributed by atoms with Gasteiger partial charge in [0.2, 0.25) is 0 Å². The molecule has 0 saturated heterocycles. The van der Waals surface area contributed by atoms with Crippen LogP contribution in [0.2, 0.25) is 0 Å². The van der Waals surface area contributed by atoms with Crippen LogP contribution in [0.25, 0.3) is 166 Å². The minimum Gasteiger partial charge on any atom is -0.309 e. The summed E-state index contributed by atoms with van der Waals surface area (Å²) in [6.07, 6.45) is 0. The van der Waals surface area contributed by atoms with Gasteiger partial charge in [-0.25, -0.2) is 15.0 Å². The van der Waals surface area contributed by atoms with Gasteiger partial charge in [-0.15, -0.1) is 0 Å². The number of rotatable bonds is 9. The third-order valence-corrected chi connectivity index (χ3v) is 18.0. The van der Waals surface area contributed by atoms with Crippen LogP contribution in [0.15, 0.2) is 303 Å². The lowest BCUT2D eigenvalue weighted by Gasteiger charge is -2.21. The molecule has 0 radical (unpaired) electrons. The first-order valence-electron chi connectivity index (χ1n) is 30.3. The Kier molecular flexibility index (Phi) is 11.5. The zero-order valence-electron chi connectivity index (χ0n) is 48.4. The molecule has 18 aromatic rings. The molecular formula is C82H50N8. The van der Waals surface area contributed by atoms with Crippen LogP contribution in [0.5, 0.6) is 0 Å². The van der Waals surface area contributed by atoms with Gasteiger partial charge in [0, 0.05) is 82.3 Å². The average Bonchev–Trinajstić information content (AvgIpc) is 1.56. The Bertz CT molecular complexity index is 5910. The lowest BCUT2D eigenvalue weighted by Crippen LogP contribution is -2.04. The van der Waals surface area contributed by atoms with Gasteiger partial charge in [0.15, 0.2) is 17.5 Å². The smallest absolute Gasteiger partial charge is 0.164 e. The third-order valence-electron chi connectivity index (χ3n) is 18.0. The third kappa shape index (κ3) is 7.83. The first-order chi connectivity index (χ1) is 44.6. The van der Waals surface area contributed by atoms with Gasteiger partial charge >= 0.3 is 0 Å². The highest BCUT2D eigenvalue weighted by atomic mass is 15.1. The highest BCUT2D eigenvalue weighted by molar-refractivity contribution is 6.28. The maximum absolute atomic E-state index is 10.4. The van der Waals surface area contributed by atoms with Crippen molar-refractivity contribution in [2.24, 2.45) is 0 Å². The first-order valence-corrected chi connectivity index (χ1v) is 30.3. The number of hydrogen-bond acceptors (Lipinski definition) is 4. The van der Waals surface area contributed by atoms with Crippen LogP contribution in [0.3, 0.4) is 0 Å². The number of para-hydroxylation sites is 6. The molecule has 18 rings (SSSR count). The summed E-state index contributed by atoms with van der Waals surface area (Å²) < 4.78 is 9.82. The van der Waals surface area contributed by atoms with Crippen LogP contribution in [-0.4, -0.2) is 33.2 Å². The minimum absolute atomic E-state index is 0.541. The van der Waals surface area contributed by atoms with Gasteiger partial charge < -0.3 is 18.3 Å². The number of nitriles is 1. The number of nitrogens with zero attached hydrogens (tertiary/aromatic N) is 8. The summed E-state index contributed by atoms with van der Waals surface area (Å²) in [5.74, 6) is 1.70. The zero-order valence-corrected chi connectivity index (χ0v) is 48.4. The van der Waals surface area contributed by atoms with E-state index in [1.807, 2.05) is 54.6 Å². The van der Waals surface area contributed by atoms with Crippen LogP contribution in [0.1, 0.15) is 5.56 Å². The van der Waals surface area contributed by atoms with Gasteiger partial charge in [0.25, 0.3) is 0 Å². The summed E-state index contributed by atoms with van der Waals surface area (Å²) in [6, 6.07) is 110. The predicted molar refractivity (Wildman–Crippen MR) is 369 cm³/mol.